The summed E-state index contributed by atoms with van der Waals surface area (Å²) in [7, 11) is -3.49. The minimum Gasteiger partial charge on any atom is -0.307 e. The van der Waals surface area contributed by atoms with Crippen molar-refractivity contribution < 1.29 is 17.6 Å². The Morgan fingerprint density at radius 1 is 0.967 bits per heavy atom. The quantitative estimate of drug-likeness (QED) is 0.489. The number of carbonyl (C=O) groups is 1. The molecule has 3 aromatic carbocycles. The van der Waals surface area contributed by atoms with Crippen molar-refractivity contribution in [2.45, 2.75) is 18.2 Å². The zero-order valence-corrected chi connectivity index (χ0v) is 17.7. The van der Waals surface area contributed by atoms with Crippen molar-refractivity contribution in [1.29, 1.82) is 0 Å². The maximum Gasteiger partial charge on any atom is 0.323 e. The van der Waals surface area contributed by atoms with E-state index in [0.29, 0.717) is 17.7 Å². The molecule has 2 amide bonds. The molecule has 30 heavy (non-hydrogen) atoms. The Morgan fingerprint density at radius 2 is 1.67 bits per heavy atom. The maximum atomic E-state index is 13.9. The minimum absolute atomic E-state index is 0.00293. The van der Waals surface area contributed by atoms with Gasteiger partial charge in [-0.3, -0.25) is 0 Å². The van der Waals surface area contributed by atoms with Gasteiger partial charge in [-0.1, -0.05) is 54.9 Å². The van der Waals surface area contributed by atoms with Crippen LogP contribution in [-0.4, -0.2) is 20.2 Å². The number of hydrogen-bond acceptors (Lipinski definition) is 3. The number of rotatable bonds is 6. The minimum atomic E-state index is -3.49. The van der Waals surface area contributed by atoms with Gasteiger partial charge in [-0.2, -0.15) is 0 Å². The molecule has 0 heterocycles. The molecule has 3 rings (SSSR count). The maximum absolute atomic E-state index is 13.9. The van der Waals surface area contributed by atoms with Crippen LogP contribution in [0.25, 0.3) is 11.1 Å². The second-order valence-electron chi connectivity index (χ2n) is 6.60. The van der Waals surface area contributed by atoms with Gasteiger partial charge in [-0.15, -0.1) is 0 Å². The zero-order valence-electron chi connectivity index (χ0n) is 16.2. The van der Waals surface area contributed by atoms with Gasteiger partial charge < -0.3 is 10.6 Å². The van der Waals surface area contributed by atoms with Crippen molar-refractivity contribution >= 4 is 38.8 Å². The summed E-state index contributed by atoms with van der Waals surface area (Å²) in [5, 5.41) is 5.31. The molecule has 0 aromatic heterocycles. The lowest BCUT2D eigenvalue weighted by Crippen LogP contribution is -2.21. The van der Waals surface area contributed by atoms with Crippen molar-refractivity contribution in [2.24, 2.45) is 0 Å². The summed E-state index contributed by atoms with van der Waals surface area (Å²) < 4.78 is 38.9. The first kappa shape index (κ1) is 21.8. The number of urea groups is 1. The highest BCUT2D eigenvalue weighted by atomic mass is 35.5. The van der Waals surface area contributed by atoms with E-state index in [1.807, 2.05) is 30.3 Å². The average molecular weight is 447 g/mol. The Bertz CT molecular complexity index is 1170. The Kier molecular flexibility index (Phi) is 6.74. The average Bonchev–Trinajstić information content (AvgIpc) is 2.71. The normalized spacial score (nSPS) is 11.2. The van der Waals surface area contributed by atoms with E-state index >= 15 is 0 Å². The first-order valence-corrected chi connectivity index (χ1v) is 11.3. The number of carbonyl (C=O) groups excluding carboxylic acids is 1. The van der Waals surface area contributed by atoms with Crippen LogP contribution in [0, 0.1) is 5.82 Å². The standard InChI is InChI=1S/C22H20ClFN2O3S/c1-2-12-30(28,29)17-9-10-18(15-6-4-3-5-7-15)20(14-17)25-22(27)26-21-13-16(23)8-11-19(21)24/h3-11,13-14H,2,12H2,1H3,(H2,25,26,27). The Morgan fingerprint density at radius 3 is 2.37 bits per heavy atom. The Labute approximate surface area is 179 Å². The third-order valence-corrected chi connectivity index (χ3v) is 6.49. The van der Waals surface area contributed by atoms with E-state index in [2.05, 4.69) is 10.6 Å². The fraction of sp³-hybridized carbons (Fsp3) is 0.136. The molecule has 0 bridgehead atoms. The number of amides is 2. The molecular weight excluding hydrogens is 427 g/mol. The van der Waals surface area contributed by atoms with Crippen LogP contribution in [-0.2, 0) is 9.84 Å². The van der Waals surface area contributed by atoms with E-state index in [9.17, 15) is 17.6 Å². The molecule has 5 nitrogen and oxygen atoms in total. The number of sulfone groups is 1. The lowest BCUT2D eigenvalue weighted by molar-refractivity contribution is 0.262. The number of anilines is 2. The molecule has 3 aromatic rings. The van der Waals surface area contributed by atoms with Crippen LogP contribution in [0.15, 0.2) is 71.6 Å². The molecule has 0 fully saturated rings. The molecular formula is C22H20ClFN2O3S. The van der Waals surface area contributed by atoms with Crippen molar-refractivity contribution in [1.82, 2.24) is 0 Å². The predicted octanol–water partition coefficient (Wildman–Crippen LogP) is 5.97. The van der Waals surface area contributed by atoms with Gasteiger partial charge in [0.25, 0.3) is 0 Å². The summed E-state index contributed by atoms with van der Waals surface area (Å²) in [6.45, 7) is 1.78. The van der Waals surface area contributed by atoms with Gasteiger partial charge >= 0.3 is 6.03 Å². The molecule has 0 aliphatic carbocycles. The zero-order chi connectivity index (χ0) is 21.7. The van der Waals surface area contributed by atoms with E-state index in [1.165, 1.54) is 24.3 Å². The topological polar surface area (TPSA) is 75.3 Å². The third-order valence-electron chi connectivity index (χ3n) is 4.33. The molecule has 0 radical (unpaired) electrons. The Balaban J connectivity index is 1.97. The summed E-state index contributed by atoms with van der Waals surface area (Å²) >= 11 is 5.86. The molecule has 8 heteroatoms. The van der Waals surface area contributed by atoms with Crippen molar-refractivity contribution in [3.63, 3.8) is 0 Å². The van der Waals surface area contributed by atoms with Crippen LogP contribution in [0.2, 0.25) is 5.02 Å². The molecule has 0 aliphatic rings. The Hall–Kier alpha value is -2.90. The number of halogens is 2. The molecule has 2 N–H and O–H groups in total. The van der Waals surface area contributed by atoms with Crippen molar-refractivity contribution in [3.05, 3.63) is 77.6 Å². The van der Waals surface area contributed by atoms with Crippen molar-refractivity contribution in [2.75, 3.05) is 16.4 Å². The van der Waals surface area contributed by atoms with Gasteiger partial charge in [0.2, 0.25) is 0 Å². The summed E-state index contributed by atoms with van der Waals surface area (Å²) in [6, 6.07) is 16.9. The first-order valence-electron chi connectivity index (χ1n) is 9.25. The number of hydrogen-bond donors (Lipinski definition) is 2. The molecule has 0 atom stereocenters. The van der Waals surface area contributed by atoms with E-state index < -0.39 is 21.7 Å². The van der Waals surface area contributed by atoms with E-state index in [-0.39, 0.29) is 21.4 Å². The highest BCUT2D eigenvalue weighted by Crippen LogP contribution is 2.31. The lowest BCUT2D eigenvalue weighted by atomic mass is 10.0. The van der Waals surface area contributed by atoms with Gasteiger partial charge in [0.1, 0.15) is 5.82 Å². The van der Waals surface area contributed by atoms with Gasteiger partial charge in [0, 0.05) is 10.6 Å². The molecule has 0 saturated heterocycles. The smallest absolute Gasteiger partial charge is 0.307 e. The monoisotopic (exact) mass is 446 g/mol. The van der Waals surface area contributed by atoms with Gasteiger partial charge in [0.15, 0.2) is 9.84 Å². The van der Waals surface area contributed by atoms with E-state index in [1.54, 1.807) is 13.0 Å². The summed E-state index contributed by atoms with van der Waals surface area (Å²) in [5.74, 6) is -0.644. The highest BCUT2D eigenvalue weighted by molar-refractivity contribution is 7.91. The van der Waals surface area contributed by atoms with Crippen LogP contribution in [0.4, 0.5) is 20.6 Å². The summed E-state index contributed by atoms with van der Waals surface area (Å²) in [4.78, 5) is 12.6. The molecule has 0 unspecified atom stereocenters. The number of benzene rings is 3. The second kappa shape index (κ2) is 9.28. The van der Waals surface area contributed by atoms with Crippen LogP contribution >= 0.6 is 11.6 Å². The van der Waals surface area contributed by atoms with E-state index in [0.717, 1.165) is 11.6 Å². The lowest BCUT2D eigenvalue weighted by Gasteiger charge is -2.15. The molecule has 156 valence electrons. The summed E-state index contributed by atoms with van der Waals surface area (Å²) in [5.41, 5.74) is 1.63. The second-order valence-corrected chi connectivity index (χ2v) is 9.14. The molecule has 0 aliphatic heterocycles. The molecule has 0 saturated carbocycles. The SMILES string of the molecule is CCCS(=O)(=O)c1ccc(-c2ccccc2)c(NC(=O)Nc2cc(Cl)ccc2F)c1. The molecule has 0 spiro atoms. The third kappa shape index (κ3) is 5.17. The summed E-state index contributed by atoms with van der Waals surface area (Å²) in [6.07, 6.45) is 0.472. The van der Waals surface area contributed by atoms with Crippen molar-refractivity contribution in [3.8, 4) is 11.1 Å². The fourth-order valence-corrected chi connectivity index (χ4v) is 4.46. The fourth-order valence-electron chi connectivity index (χ4n) is 2.95. The van der Waals surface area contributed by atoms with E-state index in [4.69, 9.17) is 11.6 Å². The highest BCUT2D eigenvalue weighted by Gasteiger charge is 2.18. The largest absolute Gasteiger partial charge is 0.323 e. The number of nitrogens with one attached hydrogen (secondary N) is 2. The van der Waals surface area contributed by atoms with Crippen LogP contribution < -0.4 is 10.6 Å². The van der Waals surface area contributed by atoms with Crippen LogP contribution in [0.3, 0.4) is 0 Å². The van der Waals surface area contributed by atoms with Crippen LogP contribution in [0.5, 0.6) is 0 Å². The predicted molar refractivity (Wildman–Crippen MR) is 118 cm³/mol. The van der Waals surface area contributed by atoms with Crippen LogP contribution in [0.1, 0.15) is 13.3 Å². The van der Waals surface area contributed by atoms with Gasteiger partial charge in [-0.25, -0.2) is 17.6 Å². The van der Waals surface area contributed by atoms with Gasteiger partial charge in [-0.05, 0) is 42.3 Å². The van der Waals surface area contributed by atoms with Gasteiger partial charge in [0.05, 0.1) is 22.0 Å². The first-order chi connectivity index (χ1) is 14.3.